The van der Waals surface area contributed by atoms with Gasteiger partial charge < -0.3 is 14.6 Å². The number of hydrogen-bond donors (Lipinski definition) is 1. The number of aromatic nitrogens is 1. The molecule has 1 atom stereocenters. The van der Waals surface area contributed by atoms with Crippen LogP contribution in [-0.2, 0) is 9.59 Å². The highest BCUT2D eigenvalue weighted by atomic mass is 32.1. The lowest BCUT2D eigenvalue weighted by atomic mass is 9.93. The van der Waals surface area contributed by atoms with Gasteiger partial charge in [0.25, 0.3) is 5.78 Å². The van der Waals surface area contributed by atoms with E-state index in [1.54, 1.807) is 31.2 Å². The fourth-order valence-electron chi connectivity index (χ4n) is 4.59. The number of anilines is 1. The van der Waals surface area contributed by atoms with E-state index < -0.39 is 17.7 Å². The van der Waals surface area contributed by atoms with E-state index in [0.717, 1.165) is 35.3 Å². The smallest absolute Gasteiger partial charge is 0.301 e. The Morgan fingerprint density at radius 1 is 1.10 bits per heavy atom. The Morgan fingerprint density at radius 2 is 1.85 bits per heavy atom. The SMILES string of the molecule is CCCCOc1ccc(C2C(=C(O)c3cc(C)ccc3C)C(=O)C(=O)N2c2nc(C)c(C(C)=O)s2)cc1OC. The van der Waals surface area contributed by atoms with Crippen LogP contribution in [0.4, 0.5) is 5.13 Å². The van der Waals surface area contributed by atoms with Crippen molar-refractivity contribution in [3.63, 3.8) is 0 Å². The van der Waals surface area contributed by atoms with E-state index in [0.29, 0.717) is 39.8 Å². The fraction of sp³-hybridized carbons (Fsp3) is 0.333. The molecule has 4 rings (SSSR count). The first kappa shape index (κ1) is 28.0. The Hall–Kier alpha value is -3.98. The molecule has 1 unspecified atom stereocenters. The summed E-state index contributed by atoms with van der Waals surface area (Å²) in [5, 5.41) is 11.7. The van der Waals surface area contributed by atoms with Crippen LogP contribution in [0.1, 0.15) is 70.4 Å². The number of methoxy groups -OCH3 is 1. The Kier molecular flexibility index (Phi) is 8.20. The zero-order valence-electron chi connectivity index (χ0n) is 23.0. The Balaban J connectivity index is 1.94. The van der Waals surface area contributed by atoms with Crippen LogP contribution in [-0.4, -0.2) is 41.3 Å². The van der Waals surface area contributed by atoms with Crippen LogP contribution in [0.15, 0.2) is 42.0 Å². The van der Waals surface area contributed by atoms with Crippen molar-refractivity contribution >= 4 is 39.7 Å². The van der Waals surface area contributed by atoms with Crippen molar-refractivity contribution in [2.45, 2.75) is 53.5 Å². The maximum Gasteiger partial charge on any atom is 0.301 e. The predicted octanol–water partition coefficient (Wildman–Crippen LogP) is 6.08. The summed E-state index contributed by atoms with van der Waals surface area (Å²) >= 11 is 1.04. The molecule has 2 heterocycles. The van der Waals surface area contributed by atoms with Crippen LogP contribution < -0.4 is 14.4 Å². The van der Waals surface area contributed by atoms with Crippen molar-refractivity contribution in [1.82, 2.24) is 4.98 Å². The molecule has 0 bridgehead atoms. The van der Waals surface area contributed by atoms with E-state index in [1.807, 2.05) is 26.0 Å². The quantitative estimate of drug-likeness (QED) is 0.113. The number of thiazole rings is 1. The number of ketones is 2. The van der Waals surface area contributed by atoms with E-state index in [-0.39, 0.29) is 22.2 Å². The molecule has 1 fully saturated rings. The number of carbonyl (C=O) groups is 3. The van der Waals surface area contributed by atoms with Crippen molar-refractivity contribution in [3.05, 3.63) is 74.8 Å². The number of aryl methyl sites for hydroxylation is 3. The highest BCUT2D eigenvalue weighted by molar-refractivity contribution is 7.18. The molecular weight excluding hydrogens is 516 g/mol. The molecule has 1 amide bonds. The second-order valence-electron chi connectivity index (χ2n) is 9.57. The first-order valence-corrected chi connectivity index (χ1v) is 13.6. The number of aliphatic hydroxyl groups is 1. The predicted molar refractivity (Wildman–Crippen MR) is 151 cm³/mol. The summed E-state index contributed by atoms with van der Waals surface area (Å²) in [7, 11) is 1.52. The van der Waals surface area contributed by atoms with Crippen molar-refractivity contribution in [2.24, 2.45) is 0 Å². The summed E-state index contributed by atoms with van der Waals surface area (Å²) in [6.07, 6.45) is 1.85. The number of amides is 1. The topological polar surface area (TPSA) is 106 Å². The average molecular weight is 549 g/mol. The van der Waals surface area contributed by atoms with Gasteiger partial charge in [-0.05, 0) is 56.5 Å². The first-order chi connectivity index (χ1) is 18.6. The molecule has 2 aromatic carbocycles. The lowest BCUT2D eigenvalue weighted by molar-refractivity contribution is -0.132. The van der Waals surface area contributed by atoms with E-state index >= 15 is 0 Å². The molecule has 1 saturated heterocycles. The van der Waals surface area contributed by atoms with E-state index in [4.69, 9.17) is 9.47 Å². The molecular formula is C30H32N2O6S. The molecule has 1 aromatic heterocycles. The molecule has 204 valence electrons. The van der Waals surface area contributed by atoms with Gasteiger partial charge in [-0.2, -0.15) is 0 Å². The molecule has 1 aliphatic heterocycles. The number of aliphatic hydroxyl groups excluding tert-OH is 1. The van der Waals surface area contributed by atoms with Crippen molar-refractivity contribution in [3.8, 4) is 11.5 Å². The lowest BCUT2D eigenvalue weighted by Gasteiger charge is -2.24. The molecule has 39 heavy (non-hydrogen) atoms. The van der Waals surface area contributed by atoms with Crippen molar-refractivity contribution in [1.29, 1.82) is 0 Å². The monoisotopic (exact) mass is 548 g/mol. The maximum atomic E-state index is 13.6. The Bertz CT molecular complexity index is 1490. The number of carbonyl (C=O) groups excluding carboxylic acids is 3. The van der Waals surface area contributed by atoms with E-state index in [9.17, 15) is 19.5 Å². The fourth-order valence-corrected chi connectivity index (χ4v) is 5.58. The second kappa shape index (κ2) is 11.4. The van der Waals surface area contributed by atoms with Gasteiger partial charge in [-0.1, -0.05) is 48.4 Å². The summed E-state index contributed by atoms with van der Waals surface area (Å²) < 4.78 is 11.5. The third-order valence-corrected chi connectivity index (χ3v) is 7.92. The summed E-state index contributed by atoms with van der Waals surface area (Å²) in [5.41, 5.74) is 3.04. The molecule has 0 spiro atoms. The standard InChI is InChI=1S/C30H32N2O6S/c1-7-8-13-38-22-12-11-20(15-23(22)37-6)25-24(26(34)21-14-16(2)9-10-17(21)3)27(35)29(36)32(25)30-31-18(4)28(39-30)19(5)33/h9-12,14-15,25,34H,7-8,13H2,1-6H3. The Labute approximate surface area is 231 Å². The third kappa shape index (κ3) is 5.31. The minimum Gasteiger partial charge on any atom is -0.507 e. The number of benzene rings is 2. The van der Waals surface area contributed by atoms with Gasteiger partial charge in [0.1, 0.15) is 5.76 Å². The van der Waals surface area contributed by atoms with Crippen molar-refractivity contribution < 1.29 is 29.0 Å². The molecule has 0 radical (unpaired) electrons. The van der Waals surface area contributed by atoms with Crippen LogP contribution >= 0.6 is 11.3 Å². The third-order valence-electron chi connectivity index (χ3n) is 6.66. The van der Waals surface area contributed by atoms with E-state index in [1.165, 1.54) is 18.9 Å². The van der Waals surface area contributed by atoms with Gasteiger partial charge in [0, 0.05) is 12.5 Å². The zero-order chi connectivity index (χ0) is 28.4. The van der Waals surface area contributed by atoms with Crippen LogP contribution in [0, 0.1) is 20.8 Å². The Morgan fingerprint density at radius 3 is 2.49 bits per heavy atom. The molecule has 1 N–H and O–H groups in total. The molecule has 9 heteroatoms. The molecule has 1 aliphatic rings. The van der Waals surface area contributed by atoms with Gasteiger partial charge in [-0.15, -0.1) is 0 Å². The van der Waals surface area contributed by atoms with Gasteiger partial charge in [0.2, 0.25) is 0 Å². The lowest BCUT2D eigenvalue weighted by Crippen LogP contribution is -2.29. The van der Waals surface area contributed by atoms with Gasteiger partial charge in [-0.25, -0.2) is 4.98 Å². The maximum absolute atomic E-state index is 13.6. The number of hydrogen-bond acceptors (Lipinski definition) is 8. The van der Waals surface area contributed by atoms with Gasteiger partial charge >= 0.3 is 5.91 Å². The molecule has 0 saturated carbocycles. The summed E-state index contributed by atoms with van der Waals surface area (Å²) in [6, 6.07) is 9.71. The minimum atomic E-state index is -1.01. The molecule has 0 aliphatic carbocycles. The average Bonchev–Trinajstić information content (AvgIpc) is 3.42. The summed E-state index contributed by atoms with van der Waals surface area (Å²) in [5.74, 6) is -1.17. The summed E-state index contributed by atoms with van der Waals surface area (Å²) in [6.45, 7) is 9.41. The van der Waals surface area contributed by atoms with Gasteiger partial charge in [0.15, 0.2) is 22.4 Å². The normalized spacial score (nSPS) is 16.6. The van der Waals surface area contributed by atoms with E-state index in [2.05, 4.69) is 11.9 Å². The number of unbranched alkanes of at least 4 members (excludes halogenated alkanes) is 1. The van der Waals surface area contributed by atoms with Crippen LogP contribution in [0.25, 0.3) is 5.76 Å². The first-order valence-electron chi connectivity index (χ1n) is 12.8. The number of ether oxygens (including phenoxy) is 2. The molecule has 3 aromatic rings. The number of Topliss-reactive ketones (excluding diaryl/α,β-unsaturated/α-hetero) is 2. The van der Waals surface area contributed by atoms with Gasteiger partial charge in [-0.3, -0.25) is 19.3 Å². The largest absolute Gasteiger partial charge is 0.507 e. The highest BCUT2D eigenvalue weighted by Gasteiger charge is 2.48. The summed E-state index contributed by atoms with van der Waals surface area (Å²) in [4.78, 5) is 45.4. The second-order valence-corrected chi connectivity index (χ2v) is 10.5. The van der Waals surface area contributed by atoms with Crippen LogP contribution in [0.5, 0.6) is 11.5 Å². The highest BCUT2D eigenvalue weighted by Crippen LogP contribution is 2.45. The van der Waals surface area contributed by atoms with Crippen LogP contribution in [0.3, 0.4) is 0 Å². The minimum absolute atomic E-state index is 0.0624. The van der Waals surface area contributed by atoms with Crippen LogP contribution in [0.2, 0.25) is 0 Å². The van der Waals surface area contributed by atoms with Gasteiger partial charge in [0.05, 0.1) is 35.9 Å². The molecule has 8 nitrogen and oxygen atoms in total. The zero-order valence-corrected chi connectivity index (χ0v) is 23.8. The van der Waals surface area contributed by atoms with Crippen molar-refractivity contribution in [2.75, 3.05) is 18.6 Å². The number of rotatable bonds is 9. The number of nitrogens with zero attached hydrogens (tertiary/aromatic N) is 2.